The zero-order valence-electron chi connectivity index (χ0n) is 16.1. The Hall–Kier alpha value is -3.58. The maximum Gasteiger partial charge on any atom is 0.157 e. The summed E-state index contributed by atoms with van der Waals surface area (Å²) in [5, 5.41) is 13.5. The predicted octanol–water partition coefficient (Wildman–Crippen LogP) is 5.57. The van der Waals surface area contributed by atoms with Gasteiger partial charge in [0, 0.05) is 11.6 Å². The van der Waals surface area contributed by atoms with Gasteiger partial charge in [-0.2, -0.15) is 5.26 Å². The van der Waals surface area contributed by atoms with Crippen LogP contribution in [0.2, 0.25) is 0 Å². The third kappa shape index (κ3) is 2.82. The summed E-state index contributed by atoms with van der Waals surface area (Å²) in [4.78, 5) is 4.76. The number of fused-ring (bicyclic) bond motifs is 3. The molecule has 138 valence electrons. The Morgan fingerprint density at radius 3 is 2.61 bits per heavy atom. The fourth-order valence-electron chi connectivity index (χ4n) is 3.76. The first-order chi connectivity index (χ1) is 13.7. The number of aromatic nitrogens is 2. The molecule has 4 aromatic rings. The number of hydrogen-bond acceptors (Lipinski definition) is 3. The lowest BCUT2D eigenvalue weighted by atomic mass is 10.0. The molecule has 0 fully saturated rings. The van der Waals surface area contributed by atoms with Crippen LogP contribution in [0.5, 0.6) is 0 Å². The topological polar surface area (TPSA) is 53.1 Å². The molecule has 0 saturated heterocycles. The Bertz CT molecular complexity index is 1210. The highest BCUT2D eigenvalue weighted by atomic mass is 15.1. The lowest BCUT2D eigenvalue weighted by Crippen LogP contribution is -2.14. The summed E-state index contributed by atoms with van der Waals surface area (Å²) in [7, 11) is 0. The van der Waals surface area contributed by atoms with Gasteiger partial charge in [0.1, 0.15) is 11.9 Å². The van der Waals surface area contributed by atoms with Gasteiger partial charge in [0.25, 0.3) is 0 Å². The average molecular weight is 366 g/mol. The van der Waals surface area contributed by atoms with Crippen LogP contribution < -0.4 is 5.32 Å². The summed E-state index contributed by atoms with van der Waals surface area (Å²) >= 11 is 0. The zero-order valence-corrected chi connectivity index (χ0v) is 16.1. The summed E-state index contributed by atoms with van der Waals surface area (Å²) in [6.45, 7) is 8.06. The quantitative estimate of drug-likeness (QED) is 0.470. The number of benzene rings is 2. The third-order valence-electron chi connectivity index (χ3n) is 5.23. The van der Waals surface area contributed by atoms with Crippen LogP contribution in [0.25, 0.3) is 16.7 Å². The lowest BCUT2D eigenvalue weighted by molar-refractivity contribution is 0.863. The van der Waals surface area contributed by atoms with Crippen molar-refractivity contribution in [1.29, 1.82) is 5.26 Å². The second kappa shape index (κ2) is 7.21. The SMILES string of the molecule is C=CCc1c(C)c(C#N)c2nc3ccccc3n2c1N[C@H](C)c1ccccc1. The smallest absolute Gasteiger partial charge is 0.157 e. The summed E-state index contributed by atoms with van der Waals surface area (Å²) in [5.41, 5.74) is 6.40. The molecular weight excluding hydrogens is 344 g/mol. The second-order valence-electron chi connectivity index (χ2n) is 6.97. The first kappa shape index (κ1) is 17.8. The van der Waals surface area contributed by atoms with E-state index in [4.69, 9.17) is 4.98 Å². The molecular formula is C24H22N4. The van der Waals surface area contributed by atoms with Gasteiger partial charge < -0.3 is 5.32 Å². The first-order valence-electron chi connectivity index (χ1n) is 9.40. The molecule has 2 aromatic heterocycles. The molecule has 1 atom stereocenters. The predicted molar refractivity (Wildman–Crippen MR) is 115 cm³/mol. The maximum absolute atomic E-state index is 9.84. The molecule has 0 aliphatic rings. The monoisotopic (exact) mass is 366 g/mol. The van der Waals surface area contributed by atoms with Gasteiger partial charge >= 0.3 is 0 Å². The number of imidazole rings is 1. The van der Waals surface area contributed by atoms with Crippen molar-refractivity contribution in [2.24, 2.45) is 0 Å². The highest BCUT2D eigenvalue weighted by Gasteiger charge is 2.21. The number of para-hydroxylation sites is 2. The fourth-order valence-corrected chi connectivity index (χ4v) is 3.76. The Kier molecular flexibility index (Phi) is 4.58. The van der Waals surface area contributed by atoms with Crippen molar-refractivity contribution in [3.8, 4) is 6.07 Å². The van der Waals surface area contributed by atoms with Gasteiger partial charge in [-0.1, -0.05) is 48.5 Å². The van der Waals surface area contributed by atoms with E-state index in [-0.39, 0.29) is 6.04 Å². The van der Waals surface area contributed by atoms with Crippen LogP contribution in [0.3, 0.4) is 0 Å². The average Bonchev–Trinajstić information content (AvgIpc) is 3.10. The highest BCUT2D eigenvalue weighted by Crippen LogP contribution is 2.33. The van der Waals surface area contributed by atoms with Crippen molar-refractivity contribution >= 4 is 22.5 Å². The van der Waals surface area contributed by atoms with Crippen LogP contribution in [-0.4, -0.2) is 9.38 Å². The molecule has 0 bridgehead atoms. The summed E-state index contributed by atoms with van der Waals surface area (Å²) in [5.74, 6) is 0.969. The van der Waals surface area contributed by atoms with Crippen LogP contribution in [0.4, 0.5) is 5.82 Å². The van der Waals surface area contributed by atoms with Crippen molar-refractivity contribution in [1.82, 2.24) is 9.38 Å². The molecule has 0 unspecified atom stereocenters. The van der Waals surface area contributed by atoms with Gasteiger partial charge in [-0.25, -0.2) is 4.98 Å². The Morgan fingerprint density at radius 2 is 1.89 bits per heavy atom. The molecule has 2 heterocycles. The number of nitrogens with one attached hydrogen (secondary N) is 1. The van der Waals surface area contributed by atoms with E-state index >= 15 is 0 Å². The first-order valence-corrected chi connectivity index (χ1v) is 9.40. The van der Waals surface area contributed by atoms with E-state index in [1.54, 1.807) is 0 Å². The van der Waals surface area contributed by atoms with E-state index in [2.05, 4.69) is 41.4 Å². The molecule has 0 spiro atoms. The van der Waals surface area contributed by atoms with Gasteiger partial charge in [-0.05, 0) is 43.5 Å². The molecule has 0 amide bonds. The second-order valence-corrected chi connectivity index (χ2v) is 6.97. The molecule has 0 radical (unpaired) electrons. The molecule has 4 nitrogen and oxygen atoms in total. The molecule has 28 heavy (non-hydrogen) atoms. The number of pyridine rings is 1. The van der Waals surface area contributed by atoms with Crippen LogP contribution in [0.15, 0.2) is 67.3 Å². The number of nitriles is 1. The minimum absolute atomic E-state index is 0.0986. The standard InChI is InChI=1S/C24H22N4/c1-4-10-19-16(2)20(15-25)24-27-21-13-8-9-14-22(21)28(24)23(19)26-17(3)18-11-6-5-7-12-18/h4-9,11-14,17,26H,1,10H2,2-3H3/t17-/m1/s1. The molecule has 4 heteroatoms. The van der Waals surface area contributed by atoms with Crippen molar-refractivity contribution < 1.29 is 0 Å². The van der Waals surface area contributed by atoms with E-state index in [9.17, 15) is 5.26 Å². The van der Waals surface area contributed by atoms with Crippen LogP contribution in [-0.2, 0) is 6.42 Å². The number of nitrogens with zero attached hydrogens (tertiary/aromatic N) is 3. The van der Waals surface area contributed by atoms with Crippen LogP contribution in [0.1, 0.15) is 35.2 Å². The van der Waals surface area contributed by atoms with E-state index in [0.717, 1.165) is 28.0 Å². The maximum atomic E-state index is 9.84. The zero-order chi connectivity index (χ0) is 19.7. The Balaban J connectivity index is 2.03. The number of hydrogen-bond donors (Lipinski definition) is 1. The highest BCUT2D eigenvalue weighted by molar-refractivity contribution is 5.86. The lowest BCUT2D eigenvalue weighted by Gasteiger charge is -2.22. The van der Waals surface area contributed by atoms with Gasteiger partial charge in [-0.3, -0.25) is 4.40 Å². The van der Waals surface area contributed by atoms with E-state index in [0.29, 0.717) is 17.6 Å². The van der Waals surface area contributed by atoms with Gasteiger partial charge in [-0.15, -0.1) is 6.58 Å². The molecule has 2 aromatic carbocycles. The van der Waals surface area contributed by atoms with E-state index < -0.39 is 0 Å². The molecule has 0 aliphatic heterocycles. The molecule has 0 saturated carbocycles. The third-order valence-corrected chi connectivity index (χ3v) is 5.23. The van der Waals surface area contributed by atoms with Crippen molar-refractivity contribution in [2.75, 3.05) is 5.32 Å². The minimum atomic E-state index is 0.0986. The minimum Gasteiger partial charge on any atom is -0.364 e. The largest absolute Gasteiger partial charge is 0.364 e. The van der Waals surface area contributed by atoms with Crippen molar-refractivity contribution in [2.45, 2.75) is 26.3 Å². The number of allylic oxidation sites excluding steroid dienone is 1. The van der Waals surface area contributed by atoms with E-state index in [1.807, 2.05) is 55.5 Å². The van der Waals surface area contributed by atoms with Gasteiger partial charge in [0.05, 0.1) is 16.6 Å². The van der Waals surface area contributed by atoms with Crippen molar-refractivity contribution in [3.05, 3.63) is 89.5 Å². The number of rotatable bonds is 5. The Labute approximate surface area is 164 Å². The Morgan fingerprint density at radius 1 is 1.18 bits per heavy atom. The summed E-state index contributed by atoms with van der Waals surface area (Å²) < 4.78 is 2.08. The fraction of sp³-hybridized carbons (Fsp3) is 0.167. The van der Waals surface area contributed by atoms with Gasteiger partial charge in [0.15, 0.2) is 5.65 Å². The normalized spacial score (nSPS) is 12.0. The van der Waals surface area contributed by atoms with Crippen LogP contribution in [0, 0.1) is 18.3 Å². The number of anilines is 1. The summed E-state index contributed by atoms with van der Waals surface area (Å²) in [6, 6.07) is 20.8. The molecule has 0 aliphatic carbocycles. The van der Waals surface area contributed by atoms with Crippen LogP contribution >= 0.6 is 0 Å². The summed E-state index contributed by atoms with van der Waals surface area (Å²) in [6.07, 6.45) is 2.56. The van der Waals surface area contributed by atoms with Gasteiger partial charge in [0.2, 0.25) is 0 Å². The molecule has 4 rings (SSSR count). The van der Waals surface area contributed by atoms with E-state index in [1.165, 1.54) is 5.56 Å². The molecule has 1 N–H and O–H groups in total. The van der Waals surface area contributed by atoms with Crippen molar-refractivity contribution in [3.63, 3.8) is 0 Å².